The Kier molecular flexibility index (Phi) is 3.06. The van der Waals surface area contributed by atoms with Crippen LogP contribution in [0.3, 0.4) is 0 Å². The molecule has 0 bridgehead atoms. The molecule has 17 heavy (non-hydrogen) atoms. The maximum absolute atomic E-state index is 12.0. The van der Waals surface area contributed by atoms with Gasteiger partial charge >= 0.3 is 0 Å². The predicted molar refractivity (Wildman–Crippen MR) is 66.9 cm³/mol. The van der Waals surface area contributed by atoms with Gasteiger partial charge in [-0.2, -0.15) is 0 Å². The molecule has 0 unspecified atom stereocenters. The molecule has 0 radical (unpaired) electrons. The molecule has 0 saturated carbocycles. The fraction of sp³-hybridized carbons (Fsp3) is 0. The van der Waals surface area contributed by atoms with Crippen LogP contribution in [0, 0.1) is 0 Å². The third-order valence-corrected chi connectivity index (χ3v) is 2.67. The van der Waals surface area contributed by atoms with Gasteiger partial charge in [-0.15, -0.1) is 12.6 Å². The van der Waals surface area contributed by atoms with Crippen molar-refractivity contribution in [2.45, 2.75) is 4.90 Å². The van der Waals surface area contributed by atoms with Gasteiger partial charge in [-0.3, -0.25) is 4.79 Å². The molecular formula is C13H10O3S. The Bertz CT molecular complexity index is 561. The Labute approximate surface area is 104 Å². The molecular weight excluding hydrogens is 236 g/mol. The fourth-order valence-electron chi connectivity index (χ4n) is 1.44. The van der Waals surface area contributed by atoms with Crippen LogP contribution in [0.1, 0.15) is 15.9 Å². The summed E-state index contributed by atoms with van der Waals surface area (Å²) in [4.78, 5) is 12.8. The second kappa shape index (κ2) is 4.51. The molecule has 0 aliphatic rings. The lowest BCUT2D eigenvalue weighted by Gasteiger charge is -2.03. The molecule has 0 heterocycles. The van der Waals surface area contributed by atoms with Crippen molar-refractivity contribution >= 4 is 18.4 Å². The van der Waals surface area contributed by atoms with Crippen LogP contribution in [0.25, 0.3) is 0 Å². The lowest BCUT2D eigenvalue weighted by atomic mass is 10.0. The van der Waals surface area contributed by atoms with Crippen molar-refractivity contribution in [1.29, 1.82) is 0 Å². The zero-order chi connectivity index (χ0) is 12.4. The van der Waals surface area contributed by atoms with Gasteiger partial charge in [0, 0.05) is 16.0 Å². The van der Waals surface area contributed by atoms with Crippen LogP contribution in [0.4, 0.5) is 0 Å². The van der Waals surface area contributed by atoms with Crippen molar-refractivity contribution in [1.82, 2.24) is 0 Å². The number of carbonyl (C=O) groups is 1. The van der Waals surface area contributed by atoms with Crippen LogP contribution in [0.2, 0.25) is 0 Å². The molecule has 0 amide bonds. The van der Waals surface area contributed by atoms with Gasteiger partial charge in [0.15, 0.2) is 17.3 Å². The Balaban J connectivity index is 2.37. The normalized spacial score (nSPS) is 10.2. The summed E-state index contributed by atoms with van der Waals surface area (Å²) in [6.07, 6.45) is 0. The van der Waals surface area contributed by atoms with Crippen molar-refractivity contribution in [2.75, 3.05) is 0 Å². The average Bonchev–Trinajstić information content (AvgIpc) is 2.33. The van der Waals surface area contributed by atoms with Crippen LogP contribution in [-0.4, -0.2) is 16.0 Å². The van der Waals surface area contributed by atoms with E-state index >= 15 is 0 Å². The van der Waals surface area contributed by atoms with E-state index in [-0.39, 0.29) is 17.3 Å². The van der Waals surface area contributed by atoms with Crippen molar-refractivity contribution in [3.63, 3.8) is 0 Å². The van der Waals surface area contributed by atoms with Gasteiger partial charge in [-0.25, -0.2) is 0 Å². The Hall–Kier alpha value is -1.94. The van der Waals surface area contributed by atoms with Gasteiger partial charge in [0.1, 0.15) is 0 Å². The van der Waals surface area contributed by atoms with Gasteiger partial charge in [-0.05, 0) is 42.5 Å². The summed E-state index contributed by atoms with van der Waals surface area (Å²) in [5.74, 6) is -0.762. The molecule has 0 atom stereocenters. The smallest absolute Gasteiger partial charge is 0.193 e. The van der Waals surface area contributed by atoms with E-state index in [2.05, 4.69) is 12.6 Å². The van der Waals surface area contributed by atoms with Crippen LogP contribution in [-0.2, 0) is 0 Å². The largest absolute Gasteiger partial charge is 0.504 e. The highest BCUT2D eigenvalue weighted by atomic mass is 32.1. The van der Waals surface area contributed by atoms with Crippen molar-refractivity contribution in [2.24, 2.45) is 0 Å². The fourth-order valence-corrected chi connectivity index (χ4v) is 1.59. The number of hydrogen-bond acceptors (Lipinski definition) is 4. The molecule has 2 aromatic carbocycles. The summed E-state index contributed by atoms with van der Waals surface area (Å²) in [7, 11) is 0. The summed E-state index contributed by atoms with van der Waals surface area (Å²) < 4.78 is 0. The number of thiol groups is 1. The molecule has 2 aromatic rings. The number of carbonyl (C=O) groups excluding carboxylic acids is 1. The minimum atomic E-state index is -0.304. The lowest BCUT2D eigenvalue weighted by molar-refractivity contribution is 0.103. The highest BCUT2D eigenvalue weighted by molar-refractivity contribution is 7.80. The van der Waals surface area contributed by atoms with Gasteiger partial charge in [0.2, 0.25) is 0 Å². The maximum atomic E-state index is 12.0. The third kappa shape index (κ3) is 2.42. The SMILES string of the molecule is O=C(c1ccc(S)cc1)c1ccc(O)c(O)c1. The minimum absolute atomic E-state index is 0.214. The zero-order valence-electron chi connectivity index (χ0n) is 8.79. The van der Waals surface area contributed by atoms with Gasteiger partial charge < -0.3 is 10.2 Å². The predicted octanol–water partition coefficient (Wildman–Crippen LogP) is 2.62. The second-order valence-corrected chi connectivity index (χ2v) is 4.10. The summed E-state index contributed by atoms with van der Waals surface area (Å²) in [6, 6.07) is 10.8. The summed E-state index contributed by atoms with van der Waals surface area (Å²) in [5, 5.41) is 18.5. The number of phenolic OH excluding ortho intramolecular Hbond substituents is 2. The second-order valence-electron chi connectivity index (χ2n) is 3.58. The molecule has 0 saturated heterocycles. The summed E-state index contributed by atoms with van der Waals surface area (Å²) in [5.41, 5.74) is 0.833. The first kappa shape index (κ1) is 11.5. The van der Waals surface area contributed by atoms with Crippen molar-refractivity contribution < 1.29 is 15.0 Å². The monoisotopic (exact) mass is 246 g/mol. The van der Waals surface area contributed by atoms with E-state index in [1.165, 1.54) is 18.2 Å². The highest BCUT2D eigenvalue weighted by Gasteiger charge is 2.10. The maximum Gasteiger partial charge on any atom is 0.193 e. The molecule has 0 spiro atoms. The molecule has 4 heteroatoms. The van der Waals surface area contributed by atoms with E-state index in [0.29, 0.717) is 11.1 Å². The average molecular weight is 246 g/mol. The van der Waals surface area contributed by atoms with E-state index < -0.39 is 0 Å². The van der Waals surface area contributed by atoms with Crippen molar-refractivity contribution in [3.8, 4) is 11.5 Å². The zero-order valence-corrected chi connectivity index (χ0v) is 9.69. The first-order chi connectivity index (χ1) is 8.08. The number of rotatable bonds is 2. The number of benzene rings is 2. The quantitative estimate of drug-likeness (QED) is 0.433. The summed E-state index contributed by atoms with van der Waals surface area (Å²) in [6.45, 7) is 0. The first-order valence-corrected chi connectivity index (χ1v) is 5.38. The van der Waals surface area contributed by atoms with Crippen molar-refractivity contribution in [3.05, 3.63) is 53.6 Å². The number of phenols is 2. The van der Waals surface area contributed by atoms with Gasteiger partial charge in [0.25, 0.3) is 0 Å². The molecule has 86 valence electrons. The molecule has 0 aliphatic carbocycles. The number of ketones is 1. The Morgan fingerprint density at radius 2 is 1.47 bits per heavy atom. The third-order valence-electron chi connectivity index (χ3n) is 2.37. The lowest BCUT2D eigenvalue weighted by Crippen LogP contribution is -2.00. The minimum Gasteiger partial charge on any atom is -0.504 e. The van der Waals surface area contributed by atoms with Crippen LogP contribution >= 0.6 is 12.6 Å². The topological polar surface area (TPSA) is 57.5 Å². The van der Waals surface area contributed by atoms with Gasteiger partial charge in [0.05, 0.1) is 0 Å². The highest BCUT2D eigenvalue weighted by Crippen LogP contribution is 2.26. The molecule has 0 fully saturated rings. The first-order valence-electron chi connectivity index (χ1n) is 4.93. The van der Waals surface area contributed by atoms with Crippen LogP contribution < -0.4 is 0 Å². The molecule has 2 rings (SSSR count). The molecule has 0 aliphatic heterocycles. The standard InChI is InChI=1S/C13H10O3S/c14-11-6-3-9(7-12(11)15)13(16)8-1-4-10(17)5-2-8/h1-7,14-15,17H. The van der Waals surface area contributed by atoms with E-state index in [4.69, 9.17) is 5.11 Å². The number of hydrogen-bond donors (Lipinski definition) is 3. The Morgan fingerprint density at radius 1 is 0.882 bits per heavy atom. The van der Waals surface area contributed by atoms with Crippen LogP contribution in [0.15, 0.2) is 47.4 Å². The molecule has 2 N–H and O–H groups in total. The molecule has 3 nitrogen and oxygen atoms in total. The summed E-state index contributed by atoms with van der Waals surface area (Å²) >= 11 is 4.13. The van der Waals surface area contributed by atoms with E-state index in [0.717, 1.165) is 4.90 Å². The Morgan fingerprint density at radius 3 is 2.06 bits per heavy atom. The van der Waals surface area contributed by atoms with E-state index in [1.54, 1.807) is 24.3 Å². The molecule has 0 aromatic heterocycles. The van der Waals surface area contributed by atoms with E-state index in [9.17, 15) is 9.90 Å². The van der Waals surface area contributed by atoms with E-state index in [1.807, 2.05) is 0 Å². The van der Waals surface area contributed by atoms with Crippen LogP contribution in [0.5, 0.6) is 11.5 Å². The number of aromatic hydroxyl groups is 2. The van der Waals surface area contributed by atoms with Gasteiger partial charge in [-0.1, -0.05) is 0 Å².